The zero-order chi connectivity index (χ0) is 26.0. The number of carbonyl (C=O) groups is 3. The molecule has 1 aliphatic rings. The van der Waals surface area contributed by atoms with Gasteiger partial charge in [-0.1, -0.05) is 34.8 Å². The molecule has 10 heteroatoms. The third-order valence-corrected chi connectivity index (χ3v) is 5.98. The number of hydrogen-bond donors (Lipinski definition) is 2. The van der Waals surface area contributed by atoms with Gasteiger partial charge in [-0.15, -0.1) is 0 Å². The van der Waals surface area contributed by atoms with Crippen LogP contribution in [0.4, 0.5) is 17.1 Å². The van der Waals surface area contributed by atoms with Gasteiger partial charge in [0.15, 0.2) is 0 Å². The van der Waals surface area contributed by atoms with E-state index in [1.165, 1.54) is 12.1 Å². The van der Waals surface area contributed by atoms with Crippen LogP contribution in [0.2, 0.25) is 10.0 Å². The highest BCUT2D eigenvalue weighted by atomic mass is 35.5. The maximum Gasteiger partial charge on any atom is 0.283 e. The molecule has 0 radical (unpaired) electrons. The van der Waals surface area contributed by atoms with E-state index in [1.54, 1.807) is 54.6 Å². The Morgan fingerprint density at radius 3 is 2.14 bits per heavy atom. The lowest BCUT2D eigenvalue weighted by molar-refractivity contribution is -0.120. The number of hydrogen-bond acceptors (Lipinski definition) is 5. The summed E-state index contributed by atoms with van der Waals surface area (Å²) in [7, 11) is 0. The van der Waals surface area contributed by atoms with Crippen molar-refractivity contribution in [2.24, 2.45) is 0 Å². The fraction of sp³-hybridized carbons (Fsp3) is 0.115. The minimum atomic E-state index is -0.728. The van der Waals surface area contributed by atoms with Gasteiger partial charge in [-0.3, -0.25) is 14.4 Å². The molecule has 36 heavy (non-hydrogen) atoms. The quantitative estimate of drug-likeness (QED) is 0.333. The molecule has 1 aliphatic heterocycles. The molecule has 0 saturated heterocycles. The number of rotatable bonds is 7. The monoisotopic (exact) mass is 543 g/mol. The van der Waals surface area contributed by atoms with E-state index in [-0.39, 0.29) is 33.5 Å². The second-order valence-corrected chi connectivity index (χ2v) is 9.30. The van der Waals surface area contributed by atoms with Crippen LogP contribution in [0.25, 0.3) is 0 Å². The van der Waals surface area contributed by atoms with Crippen molar-refractivity contribution >= 4 is 69.6 Å². The lowest BCUT2D eigenvalue weighted by Gasteiger charge is -2.17. The van der Waals surface area contributed by atoms with E-state index >= 15 is 0 Å². The number of anilines is 3. The van der Waals surface area contributed by atoms with Gasteiger partial charge in [-0.05, 0) is 80.6 Å². The second kappa shape index (κ2) is 10.6. The first-order valence-corrected chi connectivity index (χ1v) is 12.0. The summed E-state index contributed by atoms with van der Waals surface area (Å²) in [6.07, 6.45) is 0.0542. The van der Waals surface area contributed by atoms with Gasteiger partial charge in [0.05, 0.1) is 16.8 Å². The maximum absolute atomic E-state index is 13.0. The van der Waals surface area contributed by atoms with Crippen LogP contribution in [0, 0.1) is 0 Å². The molecule has 0 bridgehead atoms. The number of nitrogens with zero attached hydrogens (tertiary/aromatic N) is 1. The number of nitrogens with one attached hydrogen (secondary N) is 2. The fourth-order valence-electron chi connectivity index (χ4n) is 3.43. The first-order chi connectivity index (χ1) is 17.1. The van der Waals surface area contributed by atoms with E-state index in [4.69, 9.17) is 39.5 Å². The van der Waals surface area contributed by atoms with E-state index < -0.39 is 11.8 Å². The molecule has 1 heterocycles. The second-order valence-electron chi connectivity index (χ2n) is 8.08. The van der Waals surface area contributed by atoms with Crippen LogP contribution < -0.4 is 20.3 Å². The Labute approximate surface area is 222 Å². The largest absolute Gasteiger partial charge is 0.491 e. The summed E-state index contributed by atoms with van der Waals surface area (Å²) in [5, 5.41) is 5.86. The van der Waals surface area contributed by atoms with Crippen LogP contribution in [0.1, 0.15) is 24.2 Å². The summed E-state index contributed by atoms with van der Waals surface area (Å²) in [5.41, 5.74) is 1.48. The van der Waals surface area contributed by atoms with Crippen molar-refractivity contribution in [1.82, 2.24) is 0 Å². The Hall–Kier alpha value is -3.52. The van der Waals surface area contributed by atoms with E-state index in [2.05, 4.69) is 10.6 Å². The predicted octanol–water partition coefficient (Wildman–Crippen LogP) is 6.47. The highest BCUT2D eigenvalue weighted by Gasteiger charge is 2.40. The predicted molar refractivity (Wildman–Crippen MR) is 142 cm³/mol. The molecule has 0 aliphatic carbocycles. The van der Waals surface area contributed by atoms with Crippen molar-refractivity contribution in [2.45, 2.75) is 20.0 Å². The first kappa shape index (κ1) is 25.6. The number of carbonyl (C=O) groups excluding carboxylic acids is 3. The molecule has 0 unspecified atom stereocenters. The zero-order valence-corrected chi connectivity index (χ0v) is 21.4. The summed E-state index contributed by atoms with van der Waals surface area (Å²) in [6, 6.07) is 17.8. The average molecular weight is 545 g/mol. The van der Waals surface area contributed by atoms with Crippen molar-refractivity contribution in [3.05, 3.63) is 93.1 Å². The molecule has 3 aromatic carbocycles. The third-order valence-electron chi connectivity index (χ3n) is 5.08. The molecule has 184 valence electrons. The van der Waals surface area contributed by atoms with Crippen molar-refractivity contribution in [3.8, 4) is 5.75 Å². The summed E-state index contributed by atoms with van der Waals surface area (Å²) in [5.74, 6) is -1.01. The smallest absolute Gasteiger partial charge is 0.283 e. The first-order valence-electron chi connectivity index (χ1n) is 10.8. The number of halogens is 3. The maximum atomic E-state index is 13.0. The topological polar surface area (TPSA) is 87.7 Å². The lowest BCUT2D eigenvalue weighted by atomic mass is 10.2. The summed E-state index contributed by atoms with van der Waals surface area (Å²) in [6.45, 7) is 3.87. The summed E-state index contributed by atoms with van der Waals surface area (Å²) in [4.78, 5) is 39.1. The van der Waals surface area contributed by atoms with Gasteiger partial charge in [-0.25, -0.2) is 4.90 Å². The van der Waals surface area contributed by atoms with Gasteiger partial charge in [0.1, 0.15) is 16.5 Å². The van der Waals surface area contributed by atoms with E-state index in [0.717, 1.165) is 4.90 Å². The minimum absolute atomic E-state index is 0.0542. The van der Waals surface area contributed by atoms with Crippen LogP contribution in [0.5, 0.6) is 5.75 Å². The number of benzene rings is 3. The number of amides is 3. The molecular weight excluding hydrogens is 525 g/mol. The summed E-state index contributed by atoms with van der Waals surface area (Å²) >= 11 is 18.3. The van der Waals surface area contributed by atoms with Gasteiger partial charge in [0, 0.05) is 22.0 Å². The molecule has 0 atom stereocenters. The number of ether oxygens (including phenoxy) is 1. The normalized spacial score (nSPS) is 13.4. The SMILES string of the molecule is CC(C)Oc1ccc(NC(=O)c2ccc(NC3=C(Cl)C(=O)N(c4cc(Cl)ccc4Cl)C3=O)cc2)cc1. The highest BCUT2D eigenvalue weighted by Crippen LogP contribution is 2.35. The van der Waals surface area contributed by atoms with Crippen LogP contribution in [-0.4, -0.2) is 23.8 Å². The lowest BCUT2D eigenvalue weighted by Crippen LogP contribution is -2.32. The van der Waals surface area contributed by atoms with Gasteiger partial charge < -0.3 is 15.4 Å². The fourth-order valence-corrected chi connectivity index (χ4v) is 4.01. The molecule has 7 nitrogen and oxygen atoms in total. The molecule has 3 aromatic rings. The molecule has 2 N–H and O–H groups in total. The van der Waals surface area contributed by atoms with E-state index in [1.807, 2.05) is 13.8 Å². The molecule has 0 spiro atoms. The minimum Gasteiger partial charge on any atom is -0.491 e. The third kappa shape index (κ3) is 5.49. The molecule has 3 amide bonds. The van der Waals surface area contributed by atoms with Gasteiger partial charge >= 0.3 is 0 Å². The highest BCUT2D eigenvalue weighted by molar-refractivity contribution is 6.54. The molecule has 0 aromatic heterocycles. The molecule has 0 saturated carbocycles. The van der Waals surface area contributed by atoms with Crippen LogP contribution >= 0.6 is 34.8 Å². The van der Waals surface area contributed by atoms with E-state index in [0.29, 0.717) is 27.7 Å². The van der Waals surface area contributed by atoms with Crippen LogP contribution in [-0.2, 0) is 9.59 Å². The average Bonchev–Trinajstić information content (AvgIpc) is 3.05. The Bertz CT molecular complexity index is 1370. The number of imide groups is 1. The Morgan fingerprint density at radius 1 is 0.861 bits per heavy atom. The van der Waals surface area contributed by atoms with Gasteiger partial charge in [-0.2, -0.15) is 0 Å². The van der Waals surface area contributed by atoms with Crippen LogP contribution in [0.3, 0.4) is 0 Å². The van der Waals surface area contributed by atoms with Crippen molar-refractivity contribution in [3.63, 3.8) is 0 Å². The molecular formula is C26H20Cl3N3O4. The van der Waals surface area contributed by atoms with Crippen LogP contribution in [0.15, 0.2) is 77.5 Å². The Balaban J connectivity index is 1.44. The van der Waals surface area contributed by atoms with Crippen molar-refractivity contribution < 1.29 is 19.1 Å². The molecule has 4 rings (SSSR count). The zero-order valence-electron chi connectivity index (χ0n) is 19.1. The standard InChI is InChI=1S/C26H20Cl3N3O4/c1-14(2)36-19-10-8-18(9-11-19)31-24(33)15-3-6-17(7-4-15)30-23-22(29)25(34)32(26(23)35)21-13-16(27)5-12-20(21)28/h3-14,30H,1-2H3,(H,31,33). The van der Waals surface area contributed by atoms with Gasteiger partial charge in [0.2, 0.25) is 0 Å². The van der Waals surface area contributed by atoms with Crippen molar-refractivity contribution in [2.75, 3.05) is 15.5 Å². The van der Waals surface area contributed by atoms with Gasteiger partial charge in [0.25, 0.3) is 17.7 Å². The Morgan fingerprint density at radius 2 is 1.50 bits per heavy atom. The van der Waals surface area contributed by atoms with E-state index in [9.17, 15) is 14.4 Å². The molecule has 0 fully saturated rings. The Kier molecular flexibility index (Phi) is 7.54. The van der Waals surface area contributed by atoms with Crippen molar-refractivity contribution in [1.29, 1.82) is 0 Å². The summed E-state index contributed by atoms with van der Waals surface area (Å²) < 4.78 is 5.60.